The first-order chi connectivity index (χ1) is 10.9. The molecule has 1 aromatic heterocycles. The van der Waals surface area contributed by atoms with E-state index in [0.717, 1.165) is 0 Å². The topological polar surface area (TPSA) is 127 Å². The molecule has 0 bridgehead atoms. The van der Waals surface area contributed by atoms with Crippen LogP contribution in [0.2, 0.25) is 0 Å². The summed E-state index contributed by atoms with van der Waals surface area (Å²) in [4.78, 5) is 33.1. The van der Waals surface area contributed by atoms with E-state index in [2.05, 4.69) is 10.4 Å². The van der Waals surface area contributed by atoms with Crippen molar-refractivity contribution in [1.29, 1.82) is 0 Å². The first kappa shape index (κ1) is 16.1. The number of anilines is 1. The SMILES string of the molecule is Cc1ccc(NC(=O)c2cnn(CCC(=O)O)c2)c([N+](=O)[O-])c1. The van der Waals surface area contributed by atoms with Crippen LogP contribution in [0.5, 0.6) is 0 Å². The normalized spacial score (nSPS) is 10.3. The largest absolute Gasteiger partial charge is 0.481 e. The Bertz CT molecular complexity index is 768. The van der Waals surface area contributed by atoms with Gasteiger partial charge in [-0.25, -0.2) is 0 Å². The van der Waals surface area contributed by atoms with E-state index >= 15 is 0 Å². The van der Waals surface area contributed by atoms with Crippen molar-refractivity contribution in [2.24, 2.45) is 0 Å². The number of nitro groups is 1. The molecule has 1 heterocycles. The van der Waals surface area contributed by atoms with Crippen LogP contribution in [0, 0.1) is 17.0 Å². The summed E-state index contributed by atoms with van der Waals surface area (Å²) in [6.45, 7) is 1.85. The molecule has 120 valence electrons. The lowest BCUT2D eigenvalue weighted by Crippen LogP contribution is -2.12. The highest BCUT2D eigenvalue weighted by atomic mass is 16.6. The van der Waals surface area contributed by atoms with Crippen LogP contribution in [-0.4, -0.2) is 31.7 Å². The number of carbonyl (C=O) groups excluding carboxylic acids is 1. The Hall–Kier alpha value is -3.23. The number of aliphatic carboxylic acids is 1. The van der Waals surface area contributed by atoms with Gasteiger partial charge < -0.3 is 10.4 Å². The molecule has 2 aromatic rings. The van der Waals surface area contributed by atoms with Crippen LogP contribution in [0.25, 0.3) is 0 Å². The van der Waals surface area contributed by atoms with E-state index in [9.17, 15) is 19.7 Å². The van der Waals surface area contributed by atoms with Crippen molar-refractivity contribution in [2.75, 3.05) is 5.32 Å². The lowest BCUT2D eigenvalue weighted by molar-refractivity contribution is -0.384. The molecule has 2 N–H and O–H groups in total. The summed E-state index contributed by atoms with van der Waals surface area (Å²) < 4.78 is 1.33. The molecule has 0 saturated heterocycles. The van der Waals surface area contributed by atoms with Crippen LogP contribution in [0.15, 0.2) is 30.6 Å². The van der Waals surface area contributed by atoms with Gasteiger partial charge in [-0.05, 0) is 18.6 Å². The predicted octanol–water partition coefficient (Wildman–Crippen LogP) is 1.83. The zero-order valence-electron chi connectivity index (χ0n) is 12.2. The van der Waals surface area contributed by atoms with Gasteiger partial charge in [0.05, 0.1) is 29.6 Å². The van der Waals surface area contributed by atoms with Crippen molar-refractivity contribution in [1.82, 2.24) is 9.78 Å². The first-order valence-corrected chi connectivity index (χ1v) is 6.67. The maximum atomic E-state index is 12.1. The number of rotatable bonds is 6. The molecule has 2 rings (SSSR count). The van der Waals surface area contributed by atoms with Gasteiger partial charge in [-0.15, -0.1) is 0 Å². The van der Waals surface area contributed by atoms with Gasteiger partial charge in [0.2, 0.25) is 0 Å². The molecule has 23 heavy (non-hydrogen) atoms. The van der Waals surface area contributed by atoms with E-state index in [1.807, 2.05) is 0 Å². The Labute approximate surface area is 130 Å². The Morgan fingerprint density at radius 2 is 2.17 bits per heavy atom. The first-order valence-electron chi connectivity index (χ1n) is 6.67. The summed E-state index contributed by atoms with van der Waals surface area (Å²) in [6, 6.07) is 4.48. The minimum atomic E-state index is -0.971. The fraction of sp³-hybridized carbons (Fsp3) is 0.214. The molecule has 0 radical (unpaired) electrons. The summed E-state index contributed by atoms with van der Waals surface area (Å²) in [7, 11) is 0. The van der Waals surface area contributed by atoms with Gasteiger partial charge in [0.25, 0.3) is 11.6 Å². The van der Waals surface area contributed by atoms with Gasteiger partial charge in [-0.3, -0.25) is 24.4 Å². The Morgan fingerprint density at radius 1 is 1.43 bits per heavy atom. The number of hydrogen-bond acceptors (Lipinski definition) is 5. The van der Waals surface area contributed by atoms with E-state index < -0.39 is 16.8 Å². The number of aromatic nitrogens is 2. The van der Waals surface area contributed by atoms with Crippen molar-refractivity contribution in [2.45, 2.75) is 19.9 Å². The molecule has 1 amide bonds. The third-order valence-corrected chi connectivity index (χ3v) is 3.05. The molecular formula is C14H14N4O5. The summed E-state index contributed by atoms with van der Waals surface area (Å²) in [6.07, 6.45) is 2.54. The van der Waals surface area contributed by atoms with Gasteiger partial charge in [0, 0.05) is 12.3 Å². The highest BCUT2D eigenvalue weighted by Gasteiger charge is 2.17. The number of benzene rings is 1. The van der Waals surface area contributed by atoms with E-state index in [-0.39, 0.29) is 29.9 Å². The van der Waals surface area contributed by atoms with Gasteiger partial charge in [0.15, 0.2) is 0 Å². The molecule has 0 aliphatic heterocycles. The monoisotopic (exact) mass is 318 g/mol. The van der Waals surface area contributed by atoms with Gasteiger partial charge in [0.1, 0.15) is 5.69 Å². The Balaban J connectivity index is 2.13. The van der Waals surface area contributed by atoms with E-state index in [0.29, 0.717) is 5.56 Å². The maximum Gasteiger partial charge on any atom is 0.305 e. The third-order valence-electron chi connectivity index (χ3n) is 3.05. The summed E-state index contributed by atoms with van der Waals surface area (Å²) in [5, 5.41) is 26.0. The zero-order valence-corrected chi connectivity index (χ0v) is 12.2. The molecule has 9 heteroatoms. The molecule has 0 atom stereocenters. The molecule has 1 aromatic carbocycles. The molecule has 9 nitrogen and oxygen atoms in total. The second-order valence-electron chi connectivity index (χ2n) is 4.87. The second-order valence-corrected chi connectivity index (χ2v) is 4.87. The van der Waals surface area contributed by atoms with E-state index in [4.69, 9.17) is 5.11 Å². The zero-order chi connectivity index (χ0) is 17.0. The average molecular weight is 318 g/mol. The number of carboxylic acid groups (broad SMARTS) is 1. The fourth-order valence-electron chi connectivity index (χ4n) is 1.91. The number of hydrogen-bond donors (Lipinski definition) is 2. The number of carbonyl (C=O) groups is 2. The van der Waals surface area contributed by atoms with Crippen molar-refractivity contribution >= 4 is 23.3 Å². The van der Waals surface area contributed by atoms with Crippen molar-refractivity contribution in [3.05, 3.63) is 51.8 Å². The van der Waals surface area contributed by atoms with Crippen molar-refractivity contribution in [3.8, 4) is 0 Å². The Kier molecular flexibility index (Phi) is 4.69. The van der Waals surface area contributed by atoms with Crippen LogP contribution in [0.1, 0.15) is 22.3 Å². The van der Waals surface area contributed by atoms with E-state index in [1.165, 1.54) is 29.2 Å². The summed E-state index contributed by atoms with van der Waals surface area (Å²) >= 11 is 0. The molecule has 0 unspecified atom stereocenters. The molecule has 0 spiro atoms. The molecule has 0 aliphatic rings. The molecule has 0 fully saturated rings. The van der Waals surface area contributed by atoms with E-state index in [1.54, 1.807) is 13.0 Å². The number of carboxylic acids is 1. The minimum Gasteiger partial charge on any atom is -0.481 e. The number of aryl methyl sites for hydroxylation is 2. The Morgan fingerprint density at radius 3 is 2.83 bits per heavy atom. The third kappa shape index (κ3) is 4.13. The quantitative estimate of drug-likeness (QED) is 0.617. The van der Waals surface area contributed by atoms with Crippen molar-refractivity contribution < 1.29 is 19.6 Å². The van der Waals surface area contributed by atoms with Crippen LogP contribution < -0.4 is 5.32 Å². The van der Waals surface area contributed by atoms with Gasteiger partial charge >= 0.3 is 5.97 Å². The fourth-order valence-corrected chi connectivity index (χ4v) is 1.91. The maximum absolute atomic E-state index is 12.1. The second kappa shape index (κ2) is 6.69. The van der Waals surface area contributed by atoms with Gasteiger partial charge in [-0.1, -0.05) is 6.07 Å². The highest BCUT2D eigenvalue weighted by Crippen LogP contribution is 2.25. The van der Waals surface area contributed by atoms with Crippen LogP contribution in [-0.2, 0) is 11.3 Å². The van der Waals surface area contributed by atoms with Crippen LogP contribution in [0.4, 0.5) is 11.4 Å². The minimum absolute atomic E-state index is 0.0869. The molecule has 0 saturated carbocycles. The standard InChI is InChI=1S/C14H14N4O5/c1-9-2-3-11(12(6-9)18(22)23)16-14(21)10-7-15-17(8-10)5-4-13(19)20/h2-3,6-8H,4-5H2,1H3,(H,16,21)(H,19,20). The van der Waals surface area contributed by atoms with Crippen LogP contribution in [0.3, 0.4) is 0 Å². The number of nitro benzene ring substituents is 1. The number of nitrogens with zero attached hydrogens (tertiary/aromatic N) is 3. The highest BCUT2D eigenvalue weighted by molar-refractivity contribution is 6.05. The number of nitrogens with one attached hydrogen (secondary N) is 1. The number of amides is 1. The smallest absolute Gasteiger partial charge is 0.305 e. The van der Waals surface area contributed by atoms with Gasteiger partial charge in [-0.2, -0.15) is 5.10 Å². The van der Waals surface area contributed by atoms with Crippen LogP contribution >= 0.6 is 0 Å². The van der Waals surface area contributed by atoms with Crippen molar-refractivity contribution in [3.63, 3.8) is 0 Å². The molecule has 0 aliphatic carbocycles. The summed E-state index contributed by atoms with van der Waals surface area (Å²) in [5.41, 5.74) is 0.780. The summed E-state index contributed by atoms with van der Waals surface area (Å²) in [5.74, 6) is -1.53. The average Bonchev–Trinajstić information content (AvgIpc) is 2.95. The lowest BCUT2D eigenvalue weighted by atomic mass is 10.2. The molecular weight excluding hydrogens is 304 g/mol. The lowest BCUT2D eigenvalue weighted by Gasteiger charge is -2.05. The predicted molar refractivity (Wildman–Crippen MR) is 80.3 cm³/mol.